The van der Waals surface area contributed by atoms with E-state index in [-0.39, 0.29) is 11.7 Å². The van der Waals surface area contributed by atoms with Gasteiger partial charge in [-0.3, -0.25) is 9.48 Å². The number of nitrogens with zero attached hydrogens (tertiary/aromatic N) is 5. The smallest absolute Gasteiger partial charge is 0.358 e. The van der Waals surface area contributed by atoms with Crippen LogP contribution in [0.25, 0.3) is 0 Å². The van der Waals surface area contributed by atoms with Gasteiger partial charge in [0.2, 0.25) is 5.91 Å². The van der Waals surface area contributed by atoms with Crippen LogP contribution in [-0.2, 0) is 17.9 Å². The van der Waals surface area contributed by atoms with Crippen molar-refractivity contribution >= 4 is 27.7 Å². The van der Waals surface area contributed by atoms with Gasteiger partial charge in [0.1, 0.15) is 0 Å². The number of carbonyl (C=O) groups is 1. The summed E-state index contributed by atoms with van der Waals surface area (Å²) >= 11 is 3.37. The van der Waals surface area contributed by atoms with Crippen molar-refractivity contribution in [1.82, 2.24) is 24.9 Å². The highest BCUT2D eigenvalue weighted by atomic mass is 79.9. The standard InChI is InChI=1S/C13H17BrN6O3/c1-9-7-12(20(22)23)17-18(9)6-4-15-13(21)3-5-19-10(2)11(14)8-16-19/h7-8H,3-6H2,1-2H3,(H,15,21). The normalized spacial score (nSPS) is 10.7. The Morgan fingerprint density at radius 1 is 1.39 bits per heavy atom. The second kappa shape index (κ2) is 7.36. The fraction of sp³-hybridized carbons (Fsp3) is 0.462. The topological polar surface area (TPSA) is 108 Å². The molecule has 23 heavy (non-hydrogen) atoms. The van der Waals surface area contributed by atoms with Crippen molar-refractivity contribution in [3.8, 4) is 0 Å². The molecule has 124 valence electrons. The molecule has 9 nitrogen and oxygen atoms in total. The zero-order chi connectivity index (χ0) is 17.0. The Bertz CT molecular complexity index is 723. The van der Waals surface area contributed by atoms with E-state index in [1.54, 1.807) is 17.8 Å². The fourth-order valence-corrected chi connectivity index (χ4v) is 2.35. The molecule has 10 heteroatoms. The zero-order valence-corrected chi connectivity index (χ0v) is 14.4. The first-order valence-electron chi connectivity index (χ1n) is 7.02. The predicted octanol–water partition coefficient (Wildman–Crippen LogP) is 1.57. The van der Waals surface area contributed by atoms with Crippen LogP contribution in [-0.4, -0.2) is 36.9 Å². The molecule has 2 aromatic rings. The molecule has 0 unspecified atom stereocenters. The van der Waals surface area contributed by atoms with Crippen molar-refractivity contribution in [3.05, 3.63) is 38.2 Å². The molecule has 1 N–H and O–H groups in total. The Kier molecular flexibility index (Phi) is 5.48. The molecular formula is C13H17BrN6O3. The van der Waals surface area contributed by atoms with Gasteiger partial charge in [0.05, 0.1) is 34.1 Å². The Morgan fingerprint density at radius 3 is 2.70 bits per heavy atom. The van der Waals surface area contributed by atoms with Crippen LogP contribution in [0, 0.1) is 24.0 Å². The lowest BCUT2D eigenvalue weighted by Gasteiger charge is -2.06. The third kappa shape index (κ3) is 4.38. The lowest BCUT2D eigenvalue weighted by atomic mass is 10.3. The average molecular weight is 385 g/mol. The van der Waals surface area contributed by atoms with Crippen LogP contribution in [0.1, 0.15) is 17.8 Å². The van der Waals surface area contributed by atoms with E-state index in [0.29, 0.717) is 31.7 Å². The molecule has 2 rings (SSSR count). The minimum atomic E-state index is -0.535. The number of aryl methyl sites for hydroxylation is 2. The van der Waals surface area contributed by atoms with Gasteiger partial charge in [0.25, 0.3) is 0 Å². The highest BCUT2D eigenvalue weighted by molar-refractivity contribution is 9.10. The van der Waals surface area contributed by atoms with Gasteiger partial charge < -0.3 is 15.4 Å². The molecular weight excluding hydrogens is 368 g/mol. The maximum atomic E-state index is 11.8. The van der Waals surface area contributed by atoms with Crippen molar-refractivity contribution in [2.45, 2.75) is 33.4 Å². The van der Waals surface area contributed by atoms with E-state index < -0.39 is 4.92 Å². The molecule has 0 aromatic carbocycles. The summed E-state index contributed by atoms with van der Waals surface area (Å²) in [6.45, 7) is 4.90. The van der Waals surface area contributed by atoms with Gasteiger partial charge in [0, 0.05) is 25.2 Å². The van der Waals surface area contributed by atoms with Crippen molar-refractivity contribution < 1.29 is 9.72 Å². The number of aromatic nitrogens is 4. The number of nitrogens with one attached hydrogen (secondary N) is 1. The van der Waals surface area contributed by atoms with Crippen molar-refractivity contribution in [3.63, 3.8) is 0 Å². The molecule has 0 saturated heterocycles. The highest BCUT2D eigenvalue weighted by Crippen LogP contribution is 2.14. The van der Waals surface area contributed by atoms with Gasteiger partial charge in [-0.2, -0.15) is 9.78 Å². The molecule has 0 spiro atoms. The highest BCUT2D eigenvalue weighted by Gasteiger charge is 2.15. The SMILES string of the molecule is Cc1cc([N+](=O)[O-])nn1CCNC(=O)CCn1ncc(Br)c1C. The van der Waals surface area contributed by atoms with E-state index in [9.17, 15) is 14.9 Å². The molecule has 0 atom stereocenters. The molecule has 0 saturated carbocycles. The lowest BCUT2D eigenvalue weighted by Crippen LogP contribution is -2.28. The number of nitro groups is 1. The molecule has 1 amide bonds. The average Bonchev–Trinajstić information content (AvgIpc) is 3.02. The number of halogens is 1. The Balaban J connectivity index is 1.76. The summed E-state index contributed by atoms with van der Waals surface area (Å²) in [4.78, 5) is 21.9. The summed E-state index contributed by atoms with van der Waals surface area (Å²) in [6.07, 6.45) is 2.01. The molecule has 2 aromatic heterocycles. The summed E-state index contributed by atoms with van der Waals surface area (Å²) in [7, 11) is 0. The number of hydrogen-bond donors (Lipinski definition) is 1. The Morgan fingerprint density at radius 2 is 2.13 bits per heavy atom. The number of amides is 1. The lowest BCUT2D eigenvalue weighted by molar-refractivity contribution is -0.389. The van der Waals surface area contributed by atoms with Crippen LogP contribution in [0.3, 0.4) is 0 Å². The molecule has 0 aliphatic rings. The van der Waals surface area contributed by atoms with E-state index in [4.69, 9.17) is 0 Å². The van der Waals surface area contributed by atoms with Gasteiger partial charge in [-0.25, -0.2) is 0 Å². The van der Waals surface area contributed by atoms with Gasteiger partial charge in [-0.15, -0.1) is 0 Å². The maximum Gasteiger partial charge on any atom is 0.390 e. The van der Waals surface area contributed by atoms with E-state index in [1.165, 1.54) is 10.7 Å². The monoisotopic (exact) mass is 384 g/mol. The van der Waals surface area contributed by atoms with E-state index in [1.807, 2.05) is 6.92 Å². The minimum absolute atomic E-state index is 0.102. The van der Waals surface area contributed by atoms with Crippen LogP contribution in [0.5, 0.6) is 0 Å². The van der Waals surface area contributed by atoms with E-state index in [0.717, 1.165) is 10.2 Å². The number of carbonyl (C=O) groups excluding carboxylic acids is 1. The van der Waals surface area contributed by atoms with Crippen LogP contribution >= 0.6 is 15.9 Å². The number of rotatable bonds is 7. The third-order valence-electron chi connectivity index (χ3n) is 3.40. The molecule has 0 fully saturated rings. The second-order valence-electron chi connectivity index (χ2n) is 5.03. The predicted molar refractivity (Wildman–Crippen MR) is 85.9 cm³/mol. The fourth-order valence-electron chi connectivity index (χ4n) is 2.05. The minimum Gasteiger partial charge on any atom is -0.358 e. The Hall–Kier alpha value is -2.23. The Labute approximate surface area is 140 Å². The molecule has 0 bridgehead atoms. The van der Waals surface area contributed by atoms with Crippen molar-refractivity contribution in [2.75, 3.05) is 6.54 Å². The maximum absolute atomic E-state index is 11.8. The first-order valence-corrected chi connectivity index (χ1v) is 7.81. The quantitative estimate of drug-likeness (QED) is 0.575. The first-order chi connectivity index (χ1) is 10.9. The number of hydrogen-bond acceptors (Lipinski definition) is 5. The van der Waals surface area contributed by atoms with Gasteiger partial charge in [0.15, 0.2) is 0 Å². The van der Waals surface area contributed by atoms with Gasteiger partial charge in [-0.1, -0.05) is 0 Å². The summed E-state index contributed by atoms with van der Waals surface area (Å²) < 4.78 is 4.17. The first kappa shape index (κ1) is 17.1. The molecule has 0 radical (unpaired) electrons. The third-order valence-corrected chi connectivity index (χ3v) is 4.17. The van der Waals surface area contributed by atoms with Crippen LogP contribution < -0.4 is 5.32 Å². The van der Waals surface area contributed by atoms with E-state index >= 15 is 0 Å². The van der Waals surface area contributed by atoms with Crippen LogP contribution in [0.2, 0.25) is 0 Å². The van der Waals surface area contributed by atoms with Gasteiger partial charge >= 0.3 is 5.82 Å². The summed E-state index contributed by atoms with van der Waals surface area (Å²) in [5.41, 5.74) is 1.65. The summed E-state index contributed by atoms with van der Waals surface area (Å²) in [5, 5.41) is 21.4. The van der Waals surface area contributed by atoms with E-state index in [2.05, 4.69) is 31.4 Å². The molecule has 0 aliphatic carbocycles. The van der Waals surface area contributed by atoms with Crippen LogP contribution in [0.15, 0.2) is 16.7 Å². The van der Waals surface area contributed by atoms with Crippen molar-refractivity contribution in [2.24, 2.45) is 0 Å². The molecule has 2 heterocycles. The largest absolute Gasteiger partial charge is 0.390 e. The molecule has 0 aliphatic heterocycles. The van der Waals surface area contributed by atoms with Gasteiger partial charge in [-0.05, 0) is 34.7 Å². The summed E-state index contributed by atoms with van der Waals surface area (Å²) in [5.74, 6) is -0.288. The van der Waals surface area contributed by atoms with Crippen molar-refractivity contribution in [1.29, 1.82) is 0 Å². The summed E-state index contributed by atoms with van der Waals surface area (Å²) in [6, 6.07) is 1.40. The zero-order valence-electron chi connectivity index (χ0n) is 12.8. The van der Waals surface area contributed by atoms with Crippen LogP contribution in [0.4, 0.5) is 5.82 Å². The second-order valence-corrected chi connectivity index (χ2v) is 5.88.